The van der Waals surface area contributed by atoms with Crippen LogP contribution in [0.4, 0.5) is 26.3 Å². The number of halogens is 6. The molecule has 1 heterocycles. The third kappa shape index (κ3) is 6.13. The fraction of sp³-hybridized carbons (Fsp3) is 0.455. The van der Waals surface area contributed by atoms with Gasteiger partial charge in [-0.05, 0) is 24.1 Å². The number of alkyl halides is 2. The van der Waals surface area contributed by atoms with Crippen molar-refractivity contribution in [3.05, 3.63) is 53.6 Å². The minimum atomic E-state index is -3.73. The Morgan fingerprint density at radius 1 is 0.903 bits per heavy atom. The number of hydrogen-bond donors (Lipinski definition) is 0. The van der Waals surface area contributed by atoms with Crippen molar-refractivity contribution in [2.24, 2.45) is 5.92 Å². The number of ether oxygens (including phenoxy) is 3. The van der Waals surface area contributed by atoms with E-state index in [0.29, 0.717) is 37.5 Å². The fourth-order valence-electron chi connectivity index (χ4n) is 3.37. The number of hydrogen-bond acceptors (Lipinski definition) is 3. The van der Waals surface area contributed by atoms with Crippen LogP contribution in [0.25, 0.3) is 11.1 Å². The summed E-state index contributed by atoms with van der Waals surface area (Å²) in [6.07, 6.45) is -3.59. The highest BCUT2D eigenvalue weighted by Crippen LogP contribution is 2.34. The van der Waals surface area contributed by atoms with Crippen LogP contribution >= 0.6 is 0 Å². The van der Waals surface area contributed by atoms with Crippen LogP contribution in [0.15, 0.2) is 30.3 Å². The molecule has 31 heavy (non-hydrogen) atoms. The zero-order chi connectivity index (χ0) is 22.6. The third-order valence-electron chi connectivity index (χ3n) is 4.89. The van der Waals surface area contributed by atoms with E-state index in [0.717, 1.165) is 18.9 Å². The van der Waals surface area contributed by atoms with Gasteiger partial charge in [-0.2, -0.15) is 8.78 Å². The number of rotatable bonds is 8. The quantitative estimate of drug-likeness (QED) is 0.435. The van der Waals surface area contributed by atoms with Gasteiger partial charge in [-0.1, -0.05) is 19.4 Å². The molecule has 0 aromatic heterocycles. The van der Waals surface area contributed by atoms with Gasteiger partial charge in [0, 0.05) is 24.5 Å². The molecule has 0 aliphatic carbocycles. The lowest BCUT2D eigenvalue weighted by molar-refractivity contribution is -0.229. The van der Waals surface area contributed by atoms with E-state index < -0.39 is 53.4 Å². The van der Waals surface area contributed by atoms with Crippen molar-refractivity contribution < 1.29 is 40.6 Å². The summed E-state index contributed by atoms with van der Waals surface area (Å²) in [4.78, 5) is 0. The maximum atomic E-state index is 14.4. The van der Waals surface area contributed by atoms with Crippen LogP contribution in [0.1, 0.15) is 32.6 Å². The van der Waals surface area contributed by atoms with E-state index >= 15 is 0 Å². The maximum absolute atomic E-state index is 14.4. The first-order valence-electron chi connectivity index (χ1n) is 9.93. The molecule has 0 spiro atoms. The van der Waals surface area contributed by atoms with E-state index in [1.165, 1.54) is 0 Å². The minimum Gasteiger partial charge on any atom is -0.432 e. The van der Waals surface area contributed by atoms with Crippen LogP contribution in [-0.4, -0.2) is 25.6 Å². The predicted molar refractivity (Wildman–Crippen MR) is 101 cm³/mol. The Hall–Kier alpha value is -2.26. The molecule has 170 valence electrons. The second-order valence-corrected chi connectivity index (χ2v) is 7.42. The third-order valence-corrected chi connectivity index (χ3v) is 4.89. The lowest BCUT2D eigenvalue weighted by atomic mass is 10.0. The molecular weight excluding hydrogens is 426 g/mol. The van der Waals surface area contributed by atoms with E-state index in [4.69, 9.17) is 9.47 Å². The van der Waals surface area contributed by atoms with Gasteiger partial charge in [0.1, 0.15) is 17.4 Å². The molecule has 0 unspecified atom stereocenters. The molecule has 0 radical (unpaired) electrons. The van der Waals surface area contributed by atoms with E-state index in [2.05, 4.69) is 4.74 Å². The molecule has 0 amide bonds. The summed E-state index contributed by atoms with van der Waals surface area (Å²) in [5.74, 6) is -5.49. The Balaban J connectivity index is 1.63. The summed E-state index contributed by atoms with van der Waals surface area (Å²) in [5, 5.41) is 0. The van der Waals surface area contributed by atoms with Gasteiger partial charge in [0.15, 0.2) is 17.9 Å². The topological polar surface area (TPSA) is 27.7 Å². The Kier molecular flexibility index (Phi) is 7.48. The molecule has 2 aromatic carbocycles. The van der Waals surface area contributed by atoms with Crippen molar-refractivity contribution in [1.29, 1.82) is 0 Å². The standard InChI is InChI=1S/C22H22F6O3/c1-2-3-13-11-29-20(30-12-13)6-7-22(27,28)31-15-9-18(25)21(19(26)10-15)14-4-5-16(23)17(24)8-14/h4-5,8-10,13,20H,2-3,6-7,11-12H2,1H3. The van der Waals surface area contributed by atoms with Gasteiger partial charge < -0.3 is 14.2 Å². The van der Waals surface area contributed by atoms with Crippen LogP contribution in [-0.2, 0) is 9.47 Å². The van der Waals surface area contributed by atoms with Crippen molar-refractivity contribution in [3.8, 4) is 16.9 Å². The highest BCUT2D eigenvalue weighted by molar-refractivity contribution is 5.66. The SMILES string of the molecule is CCCC1COC(CCC(F)(F)Oc2cc(F)c(-c3ccc(F)c(F)c3)c(F)c2)OC1. The molecule has 1 fully saturated rings. The van der Waals surface area contributed by atoms with Crippen molar-refractivity contribution in [2.45, 2.75) is 45.0 Å². The average molecular weight is 448 g/mol. The Morgan fingerprint density at radius 3 is 2.13 bits per heavy atom. The lowest BCUT2D eigenvalue weighted by Gasteiger charge is -2.30. The van der Waals surface area contributed by atoms with Gasteiger partial charge >= 0.3 is 6.11 Å². The normalized spacial score (nSPS) is 19.5. The van der Waals surface area contributed by atoms with Crippen molar-refractivity contribution in [2.75, 3.05) is 13.2 Å². The van der Waals surface area contributed by atoms with Crippen molar-refractivity contribution in [3.63, 3.8) is 0 Å². The number of benzene rings is 2. The first-order chi connectivity index (χ1) is 14.7. The van der Waals surface area contributed by atoms with Gasteiger partial charge in [-0.15, -0.1) is 0 Å². The summed E-state index contributed by atoms with van der Waals surface area (Å²) < 4.78 is 98.8. The Labute approximate surface area is 175 Å². The lowest BCUT2D eigenvalue weighted by Crippen LogP contribution is -2.34. The van der Waals surface area contributed by atoms with Crippen LogP contribution in [0.3, 0.4) is 0 Å². The molecule has 1 aliphatic rings. The molecule has 9 heteroatoms. The molecule has 3 rings (SSSR count). The summed E-state index contributed by atoms with van der Waals surface area (Å²) in [6, 6.07) is 3.43. The summed E-state index contributed by atoms with van der Waals surface area (Å²) in [5.41, 5.74) is -0.958. The van der Waals surface area contributed by atoms with Gasteiger partial charge in [-0.25, -0.2) is 17.6 Å². The average Bonchev–Trinajstić information content (AvgIpc) is 2.69. The monoisotopic (exact) mass is 448 g/mol. The van der Waals surface area contributed by atoms with Crippen LogP contribution < -0.4 is 4.74 Å². The Morgan fingerprint density at radius 2 is 1.55 bits per heavy atom. The smallest absolute Gasteiger partial charge is 0.398 e. The zero-order valence-electron chi connectivity index (χ0n) is 16.8. The van der Waals surface area contributed by atoms with E-state index in [-0.39, 0.29) is 17.9 Å². The van der Waals surface area contributed by atoms with Crippen LogP contribution in [0.2, 0.25) is 0 Å². The summed E-state index contributed by atoms with van der Waals surface area (Å²) in [6.45, 7) is 2.87. The minimum absolute atomic E-state index is 0.163. The molecule has 0 saturated carbocycles. The first-order valence-corrected chi connectivity index (χ1v) is 9.93. The molecule has 0 N–H and O–H groups in total. The molecule has 1 aliphatic heterocycles. The highest BCUT2D eigenvalue weighted by Gasteiger charge is 2.34. The van der Waals surface area contributed by atoms with Gasteiger partial charge in [0.2, 0.25) is 0 Å². The molecule has 0 bridgehead atoms. The maximum Gasteiger partial charge on any atom is 0.398 e. The van der Waals surface area contributed by atoms with Crippen molar-refractivity contribution >= 4 is 0 Å². The highest BCUT2D eigenvalue weighted by atomic mass is 19.3. The zero-order valence-corrected chi connectivity index (χ0v) is 16.8. The van der Waals surface area contributed by atoms with E-state index in [1.807, 2.05) is 6.92 Å². The summed E-state index contributed by atoms with van der Waals surface area (Å²) >= 11 is 0. The fourth-order valence-corrected chi connectivity index (χ4v) is 3.37. The predicted octanol–water partition coefficient (Wildman–Crippen LogP) is 6.45. The first kappa shape index (κ1) is 23.4. The molecular formula is C22H22F6O3. The Bertz CT molecular complexity index is 874. The second kappa shape index (κ2) is 9.91. The van der Waals surface area contributed by atoms with Crippen LogP contribution in [0.5, 0.6) is 5.75 Å². The largest absolute Gasteiger partial charge is 0.432 e. The van der Waals surface area contributed by atoms with E-state index in [1.54, 1.807) is 0 Å². The molecule has 2 aromatic rings. The van der Waals surface area contributed by atoms with E-state index in [9.17, 15) is 26.3 Å². The second-order valence-electron chi connectivity index (χ2n) is 7.42. The van der Waals surface area contributed by atoms with Gasteiger partial charge in [0.25, 0.3) is 0 Å². The summed E-state index contributed by atoms with van der Waals surface area (Å²) in [7, 11) is 0. The van der Waals surface area contributed by atoms with Crippen LogP contribution in [0, 0.1) is 29.2 Å². The van der Waals surface area contributed by atoms with Crippen molar-refractivity contribution in [1.82, 2.24) is 0 Å². The molecule has 0 atom stereocenters. The van der Waals surface area contributed by atoms with Gasteiger partial charge in [-0.3, -0.25) is 0 Å². The molecule has 1 saturated heterocycles. The van der Waals surface area contributed by atoms with Gasteiger partial charge in [0.05, 0.1) is 25.2 Å². The molecule has 3 nitrogen and oxygen atoms in total.